The number of piperazine rings is 1. The SMILES string of the molecule is Cc1cccc(N2CCN(c3nc4ccccc4c4nc(-c5cccnc5)nn34)C[C@H]2C)c1. The van der Waals surface area contributed by atoms with Gasteiger partial charge >= 0.3 is 0 Å². The van der Waals surface area contributed by atoms with Crippen LogP contribution in [0, 0.1) is 6.92 Å². The molecule has 33 heavy (non-hydrogen) atoms. The van der Waals surface area contributed by atoms with Crippen LogP contribution < -0.4 is 9.80 Å². The van der Waals surface area contributed by atoms with Crippen molar-refractivity contribution >= 4 is 28.2 Å². The molecule has 1 atom stereocenters. The number of anilines is 2. The molecule has 1 saturated heterocycles. The lowest BCUT2D eigenvalue weighted by atomic mass is 10.1. The summed E-state index contributed by atoms with van der Waals surface area (Å²) in [6.45, 7) is 7.06. The van der Waals surface area contributed by atoms with Gasteiger partial charge < -0.3 is 9.80 Å². The molecule has 7 heteroatoms. The Kier molecular flexibility index (Phi) is 4.68. The Balaban J connectivity index is 1.42. The molecule has 1 aliphatic heterocycles. The summed E-state index contributed by atoms with van der Waals surface area (Å²) in [5.74, 6) is 1.50. The summed E-state index contributed by atoms with van der Waals surface area (Å²) in [4.78, 5) is 19.0. The third-order valence-electron chi connectivity index (χ3n) is 6.33. The quantitative estimate of drug-likeness (QED) is 0.420. The van der Waals surface area contributed by atoms with Gasteiger partial charge in [0.05, 0.1) is 5.52 Å². The van der Waals surface area contributed by atoms with Crippen LogP contribution in [0.25, 0.3) is 27.9 Å². The van der Waals surface area contributed by atoms with E-state index in [1.54, 1.807) is 12.4 Å². The summed E-state index contributed by atoms with van der Waals surface area (Å²) < 4.78 is 1.90. The molecule has 0 unspecified atom stereocenters. The molecule has 0 saturated carbocycles. The van der Waals surface area contributed by atoms with Gasteiger partial charge in [0, 0.05) is 54.7 Å². The van der Waals surface area contributed by atoms with Crippen LogP contribution in [0.4, 0.5) is 11.6 Å². The molecule has 4 heterocycles. The van der Waals surface area contributed by atoms with Crippen molar-refractivity contribution in [2.24, 2.45) is 0 Å². The van der Waals surface area contributed by atoms with Crippen LogP contribution in [0.15, 0.2) is 73.1 Å². The Morgan fingerprint density at radius 2 is 1.85 bits per heavy atom. The number of nitrogens with zero attached hydrogens (tertiary/aromatic N) is 7. The molecule has 5 aromatic rings. The zero-order valence-electron chi connectivity index (χ0n) is 18.8. The van der Waals surface area contributed by atoms with E-state index in [0.717, 1.165) is 47.7 Å². The third-order valence-corrected chi connectivity index (χ3v) is 6.33. The van der Waals surface area contributed by atoms with Gasteiger partial charge in [0.1, 0.15) is 0 Å². The Morgan fingerprint density at radius 1 is 0.939 bits per heavy atom. The predicted octanol–water partition coefficient (Wildman–Crippen LogP) is 4.36. The minimum absolute atomic E-state index is 0.338. The monoisotopic (exact) mass is 435 g/mol. The highest BCUT2D eigenvalue weighted by Gasteiger charge is 2.27. The number of rotatable bonds is 3. The van der Waals surface area contributed by atoms with Gasteiger partial charge in [-0.1, -0.05) is 24.3 Å². The van der Waals surface area contributed by atoms with Gasteiger partial charge in [0.2, 0.25) is 5.95 Å². The number of aryl methyl sites for hydroxylation is 1. The molecule has 0 bridgehead atoms. The Morgan fingerprint density at radius 3 is 2.67 bits per heavy atom. The summed E-state index contributed by atoms with van der Waals surface area (Å²) in [5, 5.41) is 5.87. The molecule has 3 aromatic heterocycles. The topological polar surface area (TPSA) is 62.5 Å². The molecule has 164 valence electrons. The Bertz CT molecular complexity index is 1440. The van der Waals surface area contributed by atoms with Gasteiger partial charge in [-0.2, -0.15) is 4.52 Å². The smallest absolute Gasteiger partial charge is 0.229 e. The molecule has 6 rings (SSSR count). The minimum Gasteiger partial charge on any atom is -0.365 e. The highest BCUT2D eigenvalue weighted by molar-refractivity contribution is 5.93. The number of hydrogen-bond donors (Lipinski definition) is 0. The fraction of sp³-hybridized carbons (Fsp3) is 0.231. The van der Waals surface area contributed by atoms with Gasteiger partial charge in [-0.15, -0.1) is 5.10 Å². The van der Waals surface area contributed by atoms with Crippen LogP contribution >= 0.6 is 0 Å². The maximum absolute atomic E-state index is 5.03. The standard InChI is InChI=1S/C26H25N7/c1-18-7-5-9-21(15-18)32-14-13-31(17-19(32)2)26-28-23-11-4-3-10-22(23)25-29-24(30-33(25)26)20-8-6-12-27-16-20/h3-12,15-16,19H,13-14,17H2,1-2H3/t19-/m1/s1. The lowest BCUT2D eigenvalue weighted by Gasteiger charge is -2.41. The van der Waals surface area contributed by atoms with Crippen LogP contribution in [-0.2, 0) is 0 Å². The first-order valence-electron chi connectivity index (χ1n) is 11.3. The second kappa shape index (κ2) is 7.85. The number of aromatic nitrogens is 5. The summed E-state index contributed by atoms with van der Waals surface area (Å²) in [6.07, 6.45) is 3.56. The van der Waals surface area contributed by atoms with E-state index < -0.39 is 0 Å². The predicted molar refractivity (Wildman–Crippen MR) is 132 cm³/mol. The molecule has 0 spiro atoms. The van der Waals surface area contributed by atoms with E-state index in [0.29, 0.717) is 11.9 Å². The zero-order chi connectivity index (χ0) is 22.4. The van der Waals surface area contributed by atoms with E-state index >= 15 is 0 Å². The average molecular weight is 436 g/mol. The van der Waals surface area contributed by atoms with Crippen molar-refractivity contribution in [2.75, 3.05) is 29.4 Å². The van der Waals surface area contributed by atoms with Crippen molar-refractivity contribution < 1.29 is 0 Å². The highest BCUT2D eigenvalue weighted by Crippen LogP contribution is 2.28. The summed E-state index contributed by atoms with van der Waals surface area (Å²) >= 11 is 0. The largest absolute Gasteiger partial charge is 0.365 e. The highest BCUT2D eigenvalue weighted by atomic mass is 15.4. The summed E-state index contributed by atoms with van der Waals surface area (Å²) in [6, 6.07) is 21.1. The third kappa shape index (κ3) is 3.46. The summed E-state index contributed by atoms with van der Waals surface area (Å²) in [5.41, 5.74) is 5.21. The summed E-state index contributed by atoms with van der Waals surface area (Å²) in [7, 11) is 0. The fourth-order valence-corrected chi connectivity index (χ4v) is 4.69. The van der Waals surface area contributed by atoms with Crippen LogP contribution in [0.5, 0.6) is 0 Å². The maximum atomic E-state index is 5.03. The van der Waals surface area contributed by atoms with Crippen LogP contribution in [-0.4, -0.2) is 50.2 Å². The molecule has 7 nitrogen and oxygen atoms in total. The molecule has 0 radical (unpaired) electrons. The molecule has 1 aliphatic rings. The molecule has 0 N–H and O–H groups in total. The van der Waals surface area contributed by atoms with E-state index in [9.17, 15) is 0 Å². The van der Waals surface area contributed by atoms with Gasteiger partial charge in [0.25, 0.3) is 0 Å². The van der Waals surface area contributed by atoms with E-state index in [1.165, 1.54) is 11.3 Å². The van der Waals surface area contributed by atoms with Gasteiger partial charge in [-0.3, -0.25) is 4.98 Å². The first-order valence-corrected chi connectivity index (χ1v) is 11.3. The molecule has 1 fully saturated rings. The maximum Gasteiger partial charge on any atom is 0.229 e. The van der Waals surface area contributed by atoms with Crippen molar-refractivity contribution in [2.45, 2.75) is 19.9 Å². The number of fused-ring (bicyclic) bond motifs is 3. The molecule has 2 aromatic carbocycles. The van der Waals surface area contributed by atoms with Crippen molar-refractivity contribution in [3.8, 4) is 11.4 Å². The number of para-hydroxylation sites is 1. The van der Waals surface area contributed by atoms with Gasteiger partial charge in [0.15, 0.2) is 11.5 Å². The van der Waals surface area contributed by atoms with E-state index in [-0.39, 0.29) is 0 Å². The lowest BCUT2D eigenvalue weighted by molar-refractivity contribution is 0.539. The Labute approximate surface area is 192 Å². The van der Waals surface area contributed by atoms with E-state index in [1.807, 2.05) is 34.8 Å². The van der Waals surface area contributed by atoms with Crippen molar-refractivity contribution in [3.63, 3.8) is 0 Å². The first kappa shape index (κ1) is 19.7. The molecule has 0 aliphatic carbocycles. The lowest BCUT2D eigenvalue weighted by Crippen LogP contribution is -2.53. The first-order chi connectivity index (χ1) is 16.2. The van der Waals surface area contributed by atoms with Crippen molar-refractivity contribution in [1.29, 1.82) is 0 Å². The van der Waals surface area contributed by atoms with Crippen LogP contribution in [0.3, 0.4) is 0 Å². The van der Waals surface area contributed by atoms with E-state index in [4.69, 9.17) is 15.1 Å². The number of hydrogen-bond acceptors (Lipinski definition) is 6. The average Bonchev–Trinajstić information content (AvgIpc) is 3.30. The Hall–Kier alpha value is -4.00. The van der Waals surface area contributed by atoms with E-state index in [2.05, 4.69) is 59.0 Å². The fourth-order valence-electron chi connectivity index (χ4n) is 4.69. The second-order valence-electron chi connectivity index (χ2n) is 8.67. The van der Waals surface area contributed by atoms with Gasteiger partial charge in [-0.25, -0.2) is 9.97 Å². The number of benzene rings is 2. The van der Waals surface area contributed by atoms with Crippen LogP contribution in [0.2, 0.25) is 0 Å². The van der Waals surface area contributed by atoms with Crippen LogP contribution in [0.1, 0.15) is 12.5 Å². The van der Waals surface area contributed by atoms with Crippen molar-refractivity contribution in [1.82, 2.24) is 24.6 Å². The number of pyridine rings is 1. The molecule has 0 amide bonds. The molecular weight excluding hydrogens is 410 g/mol. The van der Waals surface area contributed by atoms with Crippen molar-refractivity contribution in [3.05, 3.63) is 78.6 Å². The zero-order valence-corrected chi connectivity index (χ0v) is 18.8. The second-order valence-corrected chi connectivity index (χ2v) is 8.67. The normalized spacial score (nSPS) is 16.6. The van der Waals surface area contributed by atoms with Gasteiger partial charge in [-0.05, 0) is 55.8 Å². The minimum atomic E-state index is 0.338. The molecular formula is C26H25N7.